The summed E-state index contributed by atoms with van der Waals surface area (Å²) in [6.45, 7) is 2.45. The highest BCUT2D eigenvalue weighted by Crippen LogP contribution is 2.31. The summed E-state index contributed by atoms with van der Waals surface area (Å²) in [5, 5.41) is 5.11. The first-order valence-corrected chi connectivity index (χ1v) is 8.86. The smallest absolute Gasteiger partial charge is 0.326 e. The summed E-state index contributed by atoms with van der Waals surface area (Å²) >= 11 is 0. The van der Waals surface area contributed by atoms with Gasteiger partial charge in [-0.1, -0.05) is 19.9 Å². The molecule has 1 aliphatic rings. The van der Waals surface area contributed by atoms with E-state index < -0.39 is 33.8 Å². The van der Waals surface area contributed by atoms with Gasteiger partial charge < -0.3 is 5.73 Å². The van der Waals surface area contributed by atoms with Gasteiger partial charge in [-0.15, -0.1) is 0 Å². The molecule has 11 heteroatoms. The van der Waals surface area contributed by atoms with E-state index >= 15 is 0 Å². The predicted octanol–water partition coefficient (Wildman–Crippen LogP) is 2.23. The van der Waals surface area contributed by atoms with Crippen LogP contribution in [0.25, 0.3) is 0 Å². The standard InChI is InChI=1S/C14H18F4N4O2S/c1-9(2)13-20-21(12-4-3-10(8-19)7-11(12)15)5-6-22(13)25(23,24)14(16,17)18/h3-4,7,9H,5-6,8,19H2,1-2H3. The number of nitrogens with zero attached hydrogens (tertiary/aromatic N) is 3. The maximum atomic E-state index is 14.2. The number of hydrogen-bond acceptors (Lipinski definition) is 5. The van der Waals surface area contributed by atoms with Gasteiger partial charge in [-0.2, -0.15) is 26.7 Å². The van der Waals surface area contributed by atoms with Crippen molar-refractivity contribution in [3.05, 3.63) is 29.6 Å². The van der Waals surface area contributed by atoms with Crippen molar-refractivity contribution in [2.75, 3.05) is 18.1 Å². The number of amidine groups is 1. The van der Waals surface area contributed by atoms with E-state index in [0.29, 0.717) is 5.56 Å². The molecule has 0 saturated heterocycles. The Labute approximate surface area is 142 Å². The van der Waals surface area contributed by atoms with Gasteiger partial charge in [0.1, 0.15) is 11.7 Å². The van der Waals surface area contributed by atoms with Crippen LogP contribution in [0, 0.1) is 11.7 Å². The molecule has 1 aromatic carbocycles. The molecule has 0 bridgehead atoms. The Morgan fingerprint density at radius 2 is 1.92 bits per heavy atom. The van der Waals surface area contributed by atoms with Crippen LogP contribution in [0.3, 0.4) is 0 Å². The molecule has 0 radical (unpaired) electrons. The average molecular weight is 382 g/mol. The molecule has 0 saturated carbocycles. The molecule has 0 spiro atoms. The third-order valence-corrected chi connectivity index (χ3v) is 5.15. The summed E-state index contributed by atoms with van der Waals surface area (Å²) in [5.41, 5.74) is 0.586. The third kappa shape index (κ3) is 3.71. The maximum Gasteiger partial charge on any atom is 0.516 e. The highest BCUT2D eigenvalue weighted by molar-refractivity contribution is 7.90. The molecular formula is C14H18F4N4O2S. The first-order valence-electron chi connectivity index (χ1n) is 7.42. The fourth-order valence-electron chi connectivity index (χ4n) is 2.36. The Bertz CT molecular complexity index is 778. The van der Waals surface area contributed by atoms with Crippen LogP contribution in [0.5, 0.6) is 0 Å². The Balaban J connectivity index is 2.45. The highest BCUT2D eigenvalue weighted by atomic mass is 32.2. The predicted molar refractivity (Wildman–Crippen MR) is 85.6 cm³/mol. The normalized spacial score (nSPS) is 16.4. The van der Waals surface area contributed by atoms with Crippen molar-refractivity contribution in [3.8, 4) is 0 Å². The number of halogens is 4. The fourth-order valence-corrected chi connectivity index (χ4v) is 3.42. The summed E-state index contributed by atoms with van der Waals surface area (Å²) in [5.74, 6) is -1.56. The Kier molecular flexibility index (Phi) is 5.28. The Morgan fingerprint density at radius 1 is 1.28 bits per heavy atom. The zero-order chi connectivity index (χ0) is 19.0. The minimum Gasteiger partial charge on any atom is -0.326 e. The molecule has 1 aliphatic heterocycles. The van der Waals surface area contributed by atoms with E-state index in [2.05, 4.69) is 5.10 Å². The van der Waals surface area contributed by atoms with E-state index in [4.69, 9.17) is 5.73 Å². The number of alkyl halides is 3. The van der Waals surface area contributed by atoms with Gasteiger partial charge >= 0.3 is 15.5 Å². The summed E-state index contributed by atoms with van der Waals surface area (Å²) in [7, 11) is -5.55. The molecule has 0 fully saturated rings. The number of sulfonamides is 1. The molecule has 1 aromatic rings. The highest BCUT2D eigenvalue weighted by Gasteiger charge is 2.52. The lowest BCUT2D eigenvalue weighted by molar-refractivity contribution is -0.0473. The molecule has 0 aliphatic carbocycles. The topological polar surface area (TPSA) is 79.0 Å². The number of rotatable bonds is 4. The molecule has 2 N–H and O–H groups in total. The van der Waals surface area contributed by atoms with Crippen LogP contribution in [0.2, 0.25) is 0 Å². The zero-order valence-corrected chi connectivity index (χ0v) is 14.4. The molecule has 2 rings (SSSR count). The zero-order valence-electron chi connectivity index (χ0n) is 13.6. The number of anilines is 1. The first-order chi connectivity index (χ1) is 11.5. The second-order valence-corrected chi connectivity index (χ2v) is 7.60. The van der Waals surface area contributed by atoms with Crippen molar-refractivity contribution < 1.29 is 26.0 Å². The summed E-state index contributed by atoms with van der Waals surface area (Å²) < 4.78 is 76.4. The lowest BCUT2D eigenvalue weighted by Crippen LogP contribution is -2.52. The lowest BCUT2D eigenvalue weighted by atomic mass is 10.1. The van der Waals surface area contributed by atoms with Crippen molar-refractivity contribution in [1.29, 1.82) is 0 Å². The van der Waals surface area contributed by atoms with Crippen molar-refractivity contribution in [1.82, 2.24) is 4.31 Å². The van der Waals surface area contributed by atoms with Gasteiger partial charge in [0.2, 0.25) is 0 Å². The molecular weight excluding hydrogens is 364 g/mol. The van der Waals surface area contributed by atoms with Gasteiger partial charge in [0.25, 0.3) is 0 Å². The summed E-state index contributed by atoms with van der Waals surface area (Å²) in [6.07, 6.45) is 0. The van der Waals surface area contributed by atoms with E-state index in [1.807, 2.05) is 0 Å². The number of hydrogen-bond donors (Lipinski definition) is 1. The molecule has 25 heavy (non-hydrogen) atoms. The molecule has 0 aromatic heterocycles. The molecule has 140 valence electrons. The van der Waals surface area contributed by atoms with Crippen LogP contribution in [0.15, 0.2) is 23.3 Å². The maximum absolute atomic E-state index is 14.2. The van der Waals surface area contributed by atoms with E-state index in [0.717, 1.165) is 5.01 Å². The van der Waals surface area contributed by atoms with Crippen LogP contribution < -0.4 is 10.7 Å². The van der Waals surface area contributed by atoms with Crippen molar-refractivity contribution >= 4 is 21.5 Å². The van der Waals surface area contributed by atoms with Crippen LogP contribution in [-0.4, -0.2) is 37.2 Å². The van der Waals surface area contributed by atoms with Gasteiger partial charge in [0.15, 0.2) is 0 Å². The van der Waals surface area contributed by atoms with Crippen LogP contribution in [0.1, 0.15) is 19.4 Å². The second-order valence-electron chi connectivity index (χ2n) is 5.75. The molecule has 1 heterocycles. The van der Waals surface area contributed by atoms with E-state index in [1.165, 1.54) is 26.0 Å². The Morgan fingerprint density at radius 3 is 2.40 bits per heavy atom. The largest absolute Gasteiger partial charge is 0.516 e. The van der Waals surface area contributed by atoms with Crippen LogP contribution in [-0.2, 0) is 16.6 Å². The third-order valence-electron chi connectivity index (χ3n) is 3.62. The molecule has 0 amide bonds. The van der Waals surface area contributed by atoms with Crippen molar-refractivity contribution in [2.45, 2.75) is 25.9 Å². The van der Waals surface area contributed by atoms with Gasteiger partial charge in [-0.05, 0) is 17.7 Å². The minimum absolute atomic E-state index is 0.0411. The SMILES string of the molecule is CC(C)C1=NN(c2ccc(CN)cc2F)CCN1S(=O)(=O)C(F)(F)F. The van der Waals surface area contributed by atoms with Crippen LogP contribution in [0.4, 0.5) is 23.2 Å². The van der Waals surface area contributed by atoms with E-state index in [9.17, 15) is 26.0 Å². The summed E-state index contributed by atoms with van der Waals surface area (Å²) in [4.78, 5) is 0. The van der Waals surface area contributed by atoms with Crippen molar-refractivity contribution in [2.24, 2.45) is 16.8 Å². The van der Waals surface area contributed by atoms with Gasteiger partial charge in [0, 0.05) is 12.5 Å². The van der Waals surface area contributed by atoms with Gasteiger partial charge in [0.05, 0.1) is 18.8 Å². The van der Waals surface area contributed by atoms with Gasteiger partial charge in [-0.3, -0.25) is 5.01 Å². The number of benzene rings is 1. The van der Waals surface area contributed by atoms with E-state index in [-0.39, 0.29) is 28.9 Å². The molecule has 6 nitrogen and oxygen atoms in total. The molecule has 0 unspecified atom stereocenters. The lowest BCUT2D eigenvalue weighted by Gasteiger charge is -2.35. The monoisotopic (exact) mass is 382 g/mol. The minimum atomic E-state index is -5.55. The van der Waals surface area contributed by atoms with Crippen molar-refractivity contribution in [3.63, 3.8) is 0 Å². The molecule has 0 atom stereocenters. The summed E-state index contributed by atoms with van der Waals surface area (Å²) in [6, 6.07) is 4.19. The Hall–Kier alpha value is -1.88. The second kappa shape index (κ2) is 6.79. The quantitative estimate of drug-likeness (QED) is 0.810. The van der Waals surface area contributed by atoms with E-state index in [1.54, 1.807) is 6.07 Å². The number of hydrazone groups is 1. The van der Waals surface area contributed by atoms with Crippen LogP contribution >= 0.6 is 0 Å². The van der Waals surface area contributed by atoms with Gasteiger partial charge in [-0.25, -0.2) is 8.70 Å². The average Bonchev–Trinajstić information content (AvgIpc) is 2.53. The number of nitrogens with two attached hydrogens (primary N) is 1. The first kappa shape index (κ1) is 19.4. The fraction of sp³-hybridized carbons (Fsp3) is 0.500.